The summed E-state index contributed by atoms with van der Waals surface area (Å²) in [7, 11) is 0. The predicted octanol–water partition coefficient (Wildman–Crippen LogP) is 11.8. The van der Waals surface area contributed by atoms with Gasteiger partial charge in [0.2, 0.25) is 0 Å². The summed E-state index contributed by atoms with van der Waals surface area (Å²) >= 11 is 1.88. The summed E-state index contributed by atoms with van der Waals surface area (Å²) in [5, 5.41) is 6.55. The lowest BCUT2D eigenvalue weighted by Gasteiger charge is -2.33. The highest BCUT2D eigenvalue weighted by Gasteiger charge is 2.46. The van der Waals surface area contributed by atoms with Gasteiger partial charge in [-0.3, -0.25) is 0 Å². The quantitative estimate of drug-likeness (QED) is 0.210. The molecule has 0 spiro atoms. The molecular weight excluding hydrogens is 563 g/mol. The van der Waals surface area contributed by atoms with Gasteiger partial charge in [-0.15, -0.1) is 11.3 Å². The van der Waals surface area contributed by atoms with E-state index >= 15 is 0 Å². The van der Waals surface area contributed by atoms with Gasteiger partial charge in [0, 0.05) is 26.7 Å². The fourth-order valence-electron chi connectivity index (χ4n) is 7.51. The van der Waals surface area contributed by atoms with E-state index < -0.39 is 5.41 Å². The molecule has 1 aliphatic rings. The van der Waals surface area contributed by atoms with Crippen LogP contribution >= 0.6 is 11.3 Å². The first-order chi connectivity index (χ1) is 22.3. The van der Waals surface area contributed by atoms with Crippen molar-refractivity contribution >= 4 is 42.9 Å². The molecule has 0 saturated heterocycles. The monoisotopic (exact) mass is 591 g/mol. The second-order valence-corrected chi connectivity index (χ2v) is 12.7. The zero-order valence-corrected chi connectivity index (χ0v) is 25.4. The summed E-state index contributed by atoms with van der Waals surface area (Å²) in [5.41, 5.74) is 12.1. The molecule has 0 amide bonds. The average Bonchev–Trinajstić information content (AvgIpc) is 3.65. The largest absolute Gasteiger partial charge is 0.354 e. The number of rotatable bonds is 5. The van der Waals surface area contributed by atoms with Crippen LogP contribution in [0.2, 0.25) is 0 Å². The summed E-state index contributed by atoms with van der Waals surface area (Å²) in [6.07, 6.45) is 0. The highest BCUT2D eigenvalue weighted by atomic mass is 32.1. The topological polar surface area (TPSA) is 12.0 Å². The van der Waals surface area contributed by atoms with Crippen LogP contribution in [0.15, 0.2) is 170 Å². The van der Waals surface area contributed by atoms with Crippen molar-refractivity contribution in [3.05, 3.63) is 192 Å². The fourth-order valence-corrected chi connectivity index (χ4v) is 8.81. The fraction of sp³-hybridized carbons (Fsp3) is 0.0233. The van der Waals surface area contributed by atoms with Crippen molar-refractivity contribution in [1.82, 2.24) is 0 Å². The van der Waals surface area contributed by atoms with Crippen molar-refractivity contribution in [1.29, 1.82) is 0 Å². The van der Waals surface area contributed by atoms with Gasteiger partial charge < -0.3 is 5.32 Å². The lowest BCUT2D eigenvalue weighted by Crippen LogP contribution is -2.28. The first-order valence-electron chi connectivity index (χ1n) is 15.4. The molecule has 1 nitrogen and oxygen atoms in total. The van der Waals surface area contributed by atoms with Crippen LogP contribution in [0.5, 0.6) is 0 Å². The molecule has 0 bridgehead atoms. The Labute approximate surface area is 267 Å². The molecule has 45 heavy (non-hydrogen) atoms. The Hall–Kier alpha value is -5.44. The maximum Gasteiger partial charge on any atom is 0.0714 e. The van der Waals surface area contributed by atoms with Crippen molar-refractivity contribution in [2.75, 3.05) is 5.32 Å². The van der Waals surface area contributed by atoms with Gasteiger partial charge in [0.1, 0.15) is 0 Å². The number of benzene rings is 7. The Bertz CT molecular complexity index is 2300. The van der Waals surface area contributed by atoms with Gasteiger partial charge in [-0.2, -0.15) is 0 Å². The van der Waals surface area contributed by atoms with Crippen molar-refractivity contribution in [2.45, 2.75) is 5.41 Å². The number of nitrogens with one attached hydrogen (secondary N) is 1. The van der Waals surface area contributed by atoms with Crippen LogP contribution in [0.4, 0.5) is 11.4 Å². The van der Waals surface area contributed by atoms with Crippen LogP contribution in [0.25, 0.3) is 42.4 Å². The molecule has 1 N–H and O–H groups in total. The van der Waals surface area contributed by atoms with E-state index in [1.54, 1.807) is 0 Å². The second kappa shape index (κ2) is 10.3. The molecule has 0 radical (unpaired) electrons. The van der Waals surface area contributed by atoms with Gasteiger partial charge >= 0.3 is 0 Å². The highest BCUT2D eigenvalue weighted by molar-refractivity contribution is 7.27. The Morgan fingerprint density at radius 2 is 0.933 bits per heavy atom. The summed E-state index contributed by atoms with van der Waals surface area (Å²) in [4.78, 5) is 0. The molecule has 212 valence electrons. The number of anilines is 2. The predicted molar refractivity (Wildman–Crippen MR) is 192 cm³/mol. The smallest absolute Gasteiger partial charge is 0.0714 e. The highest BCUT2D eigenvalue weighted by Crippen LogP contribution is 2.58. The van der Waals surface area contributed by atoms with Gasteiger partial charge in [-0.05, 0) is 51.1 Å². The van der Waals surface area contributed by atoms with Crippen molar-refractivity contribution in [3.8, 4) is 22.3 Å². The summed E-state index contributed by atoms with van der Waals surface area (Å²) < 4.78 is 2.60. The molecular formula is C43H29NS. The van der Waals surface area contributed by atoms with Crippen LogP contribution in [0.3, 0.4) is 0 Å². The number of fused-ring (bicyclic) bond motifs is 6. The van der Waals surface area contributed by atoms with Gasteiger partial charge in [0.25, 0.3) is 0 Å². The molecule has 0 saturated carbocycles. The van der Waals surface area contributed by atoms with E-state index in [0.29, 0.717) is 0 Å². The Kier molecular flexibility index (Phi) is 5.97. The molecule has 2 heteroatoms. The SMILES string of the molecule is c1ccc(-c2cccc3c2sc2c(Nc4cccc5c4-c4ccccc4C5(c4ccccc4)c4ccccc4)cccc23)cc1. The molecule has 0 atom stereocenters. The third kappa shape index (κ3) is 3.86. The molecule has 0 unspecified atom stereocenters. The minimum Gasteiger partial charge on any atom is -0.354 e. The molecule has 0 aliphatic heterocycles. The van der Waals surface area contributed by atoms with Crippen LogP contribution in [-0.2, 0) is 5.41 Å². The second-order valence-electron chi connectivity index (χ2n) is 11.7. The molecule has 0 fully saturated rings. The van der Waals surface area contributed by atoms with Gasteiger partial charge in [-0.25, -0.2) is 0 Å². The van der Waals surface area contributed by atoms with E-state index in [1.165, 1.54) is 64.7 Å². The third-order valence-electron chi connectivity index (χ3n) is 9.36. The lowest BCUT2D eigenvalue weighted by molar-refractivity contribution is 0.768. The van der Waals surface area contributed by atoms with Crippen LogP contribution < -0.4 is 5.32 Å². The molecule has 8 aromatic rings. The number of hydrogen-bond donors (Lipinski definition) is 1. The van der Waals surface area contributed by atoms with Crippen LogP contribution in [-0.4, -0.2) is 0 Å². The van der Waals surface area contributed by atoms with Crippen LogP contribution in [0.1, 0.15) is 22.3 Å². The van der Waals surface area contributed by atoms with Crippen LogP contribution in [0, 0.1) is 0 Å². The van der Waals surface area contributed by atoms with Crippen molar-refractivity contribution in [3.63, 3.8) is 0 Å². The summed E-state index contributed by atoms with van der Waals surface area (Å²) in [6.45, 7) is 0. The first-order valence-corrected chi connectivity index (χ1v) is 16.3. The molecule has 7 aromatic carbocycles. The Morgan fingerprint density at radius 3 is 1.67 bits per heavy atom. The van der Waals surface area contributed by atoms with E-state index in [-0.39, 0.29) is 0 Å². The first kappa shape index (κ1) is 26.0. The molecule has 1 heterocycles. The minimum atomic E-state index is -0.416. The molecule has 1 aromatic heterocycles. The maximum atomic E-state index is 3.96. The number of hydrogen-bond acceptors (Lipinski definition) is 2. The minimum absolute atomic E-state index is 0.416. The van der Waals surface area contributed by atoms with Crippen molar-refractivity contribution < 1.29 is 0 Å². The zero-order valence-electron chi connectivity index (χ0n) is 24.6. The summed E-state index contributed by atoms with van der Waals surface area (Å²) in [5.74, 6) is 0. The normalized spacial score (nSPS) is 13.1. The Morgan fingerprint density at radius 1 is 0.400 bits per heavy atom. The molecule has 9 rings (SSSR count). The molecule has 1 aliphatic carbocycles. The average molecular weight is 592 g/mol. The number of thiophene rings is 1. The maximum absolute atomic E-state index is 3.96. The standard InChI is InChI=1S/C43H29NS/c1-4-15-29(16-5-1)32-22-12-23-33-34-24-13-28-39(42(34)45-41(32)33)44-38-27-14-26-37-40(38)35-21-10-11-25-36(35)43(37,30-17-6-2-7-18-30)31-19-8-3-9-20-31/h1-28,44H. The van der Waals surface area contributed by atoms with Crippen molar-refractivity contribution in [2.24, 2.45) is 0 Å². The van der Waals surface area contributed by atoms with E-state index in [4.69, 9.17) is 0 Å². The van der Waals surface area contributed by atoms with E-state index in [9.17, 15) is 0 Å². The Balaban J connectivity index is 1.27. The van der Waals surface area contributed by atoms with Gasteiger partial charge in [-0.1, -0.05) is 158 Å². The third-order valence-corrected chi connectivity index (χ3v) is 10.6. The van der Waals surface area contributed by atoms with Gasteiger partial charge in [0.05, 0.1) is 15.8 Å². The van der Waals surface area contributed by atoms with Gasteiger partial charge in [0.15, 0.2) is 0 Å². The van der Waals surface area contributed by atoms with E-state index in [1.807, 2.05) is 11.3 Å². The lowest BCUT2D eigenvalue weighted by atomic mass is 9.68. The summed E-state index contributed by atoms with van der Waals surface area (Å²) in [6, 6.07) is 61.8. The van der Waals surface area contributed by atoms with E-state index in [2.05, 4.69) is 175 Å². The van der Waals surface area contributed by atoms with E-state index in [0.717, 1.165) is 11.4 Å². The zero-order chi connectivity index (χ0) is 29.8.